The maximum Gasteiger partial charge on any atom is 0.243 e. The number of nitrogens with zero attached hydrogens (tertiary/aromatic N) is 2. The third-order valence-electron chi connectivity index (χ3n) is 5.76. The van der Waals surface area contributed by atoms with Crippen molar-refractivity contribution < 1.29 is 12.8 Å². The number of hydrogen-bond acceptors (Lipinski definition) is 4. The van der Waals surface area contributed by atoms with Crippen molar-refractivity contribution in [2.75, 3.05) is 6.54 Å². The minimum atomic E-state index is -3.48. The molecule has 1 aromatic carbocycles. The molecule has 1 unspecified atom stereocenters. The molecule has 6 heteroatoms. The number of sulfonamides is 1. The van der Waals surface area contributed by atoms with Crippen molar-refractivity contribution in [1.82, 2.24) is 9.29 Å². The van der Waals surface area contributed by atoms with Gasteiger partial charge in [0.2, 0.25) is 10.0 Å². The molecule has 130 valence electrons. The number of aromatic nitrogens is 1. The Morgan fingerprint density at radius 1 is 1.33 bits per heavy atom. The molecule has 1 aliphatic heterocycles. The topological polar surface area (TPSA) is 63.4 Å². The second-order valence-corrected chi connectivity index (χ2v) is 9.15. The highest BCUT2D eigenvalue weighted by molar-refractivity contribution is 7.89. The highest BCUT2D eigenvalue weighted by Gasteiger charge is 2.50. The minimum Gasteiger partial charge on any atom is -0.441 e. The van der Waals surface area contributed by atoms with Gasteiger partial charge in [-0.05, 0) is 49.3 Å². The van der Waals surface area contributed by atoms with E-state index in [9.17, 15) is 8.42 Å². The van der Waals surface area contributed by atoms with Crippen LogP contribution in [0.5, 0.6) is 0 Å². The highest BCUT2D eigenvalue weighted by Crippen LogP contribution is 2.52. The van der Waals surface area contributed by atoms with Crippen LogP contribution in [0.4, 0.5) is 0 Å². The SMILES string of the molecule is CCc1nc2cc(S(=O)(=O)N3CC4(CCC4)CC3CC)ccc2o1. The van der Waals surface area contributed by atoms with Gasteiger partial charge >= 0.3 is 0 Å². The van der Waals surface area contributed by atoms with Crippen molar-refractivity contribution in [3.05, 3.63) is 24.1 Å². The number of rotatable bonds is 4. The molecule has 2 fully saturated rings. The second-order valence-electron chi connectivity index (χ2n) is 7.26. The van der Waals surface area contributed by atoms with Crippen LogP contribution in [0.25, 0.3) is 11.1 Å². The number of aryl methyl sites for hydroxylation is 1. The first-order valence-electron chi connectivity index (χ1n) is 8.89. The van der Waals surface area contributed by atoms with Gasteiger partial charge in [-0.25, -0.2) is 13.4 Å². The fourth-order valence-corrected chi connectivity index (χ4v) is 6.03. The Balaban J connectivity index is 1.71. The van der Waals surface area contributed by atoms with Crippen molar-refractivity contribution in [1.29, 1.82) is 0 Å². The van der Waals surface area contributed by atoms with E-state index in [0.29, 0.717) is 34.9 Å². The lowest BCUT2D eigenvalue weighted by atomic mass is 9.67. The molecule has 0 bridgehead atoms. The lowest BCUT2D eigenvalue weighted by Gasteiger charge is -2.38. The molecule has 0 radical (unpaired) electrons. The largest absolute Gasteiger partial charge is 0.441 e. The maximum absolute atomic E-state index is 13.2. The summed E-state index contributed by atoms with van der Waals surface area (Å²) in [5.41, 5.74) is 1.51. The van der Waals surface area contributed by atoms with Crippen LogP contribution in [0.1, 0.15) is 51.8 Å². The molecular formula is C18H24N2O3S. The first-order valence-corrected chi connectivity index (χ1v) is 10.3. The van der Waals surface area contributed by atoms with E-state index in [0.717, 1.165) is 25.7 Å². The summed E-state index contributed by atoms with van der Waals surface area (Å²) in [5.74, 6) is 0.639. The smallest absolute Gasteiger partial charge is 0.243 e. The van der Waals surface area contributed by atoms with Crippen LogP contribution in [0.2, 0.25) is 0 Å². The zero-order chi connectivity index (χ0) is 16.9. The van der Waals surface area contributed by atoms with Crippen LogP contribution >= 0.6 is 0 Å². The van der Waals surface area contributed by atoms with Gasteiger partial charge < -0.3 is 4.42 Å². The van der Waals surface area contributed by atoms with Crippen molar-refractivity contribution in [2.45, 2.75) is 63.3 Å². The summed E-state index contributed by atoms with van der Waals surface area (Å²) in [5, 5.41) is 0. The van der Waals surface area contributed by atoms with Crippen LogP contribution in [0.3, 0.4) is 0 Å². The minimum absolute atomic E-state index is 0.120. The van der Waals surface area contributed by atoms with Crippen LogP contribution in [0.15, 0.2) is 27.5 Å². The van der Waals surface area contributed by atoms with E-state index in [4.69, 9.17) is 4.42 Å². The Labute approximate surface area is 143 Å². The van der Waals surface area contributed by atoms with Gasteiger partial charge in [0.15, 0.2) is 11.5 Å². The summed E-state index contributed by atoms with van der Waals surface area (Å²) in [6.07, 6.45) is 6.13. The summed E-state index contributed by atoms with van der Waals surface area (Å²) >= 11 is 0. The van der Waals surface area contributed by atoms with E-state index in [-0.39, 0.29) is 11.5 Å². The van der Waals surface area contributed by atoms with E-state index in [1.165, 1.54) is 6.42 Å². The van der Waals surface area contributed by atoms with Crippen molar-refractivity contribution in [3.8, 4) is 0 Å². The number of benzene rings is 1. The van der Waals surface area contributed by atoms with Crippen molar-refractivity contribution in [3.63, 3.8) is 0 Å². The monoisotopic (exact) mass is 348 g/mol. The fourth-order valence-electron chi connectivity index (χ4n) is 4.20. The Hall–Kier alpha value is -1.40. The van der Waals surface area contributed by atoms with Crippen LogP contribution in [-0.2, 0) is 16.4 Å². The van der Waals surface area contributed by atoms with Crippen LogP contribution in [-0.4, -0.2) is 30.3 Å². The molecule has 0 amide bonds. The number of fused-ring (bicyclic) bond motifs is 1. The predicted octanol–water partition coefficient (Wildman–Crippen LogP) is 3.73. The van der Waals surface area contributed by atoms with Gasteiger partial charge in [-0.2, -0.15) is 4.31 Å². The number of oxazole rings is 1. The lowest BCUT2D eigenvalue weighted by Crippen LogP contribution is -2.37. The van der Waals surface area contributed by atoms with Gasteiger partial charge in [0.25, 0.3) is 0 Å². The highest BCUT2D eigenvalue weighted by atomic mass is 32.2. The summed E-state index contributed by atoms with van der Waals surface area (Å²) in [6, 6.07) is 5.16. The molecule has 1 atom stereocenters. The summed E-state index contributed by atoms with van der Waals surface area (Å²) in [7, 11) is -3.48. The van der Waals surface area contributed by atoms with Crippen molar-refractivity contribution in [2.24, 2.45) is 5.41 Å². The zero-order valence-corrected chi connectivity index (χ0v) is 15.1. The van der Waals surface area contributed by atoms with E-state index >= 15 is 0 Å². The molecule has 1 saturated heterocycles. The van der Waals surface area contributed by atoms with Gasteiger partial charge in [-0.1, -0.05) is 20.3 Å². The van der Waals surface area contributed by atoms with E-state index in [2.05, 4.69) is 11.9 Å². The first-order chi connectivity index (χ1) is 11.5. The third kappa shape index (κ3) is 2.39. The summed E-state index contributed by atoms with van der Waals surface area (Å²) in [6.45, 7) is 4.72. The molecule has 2 heterocycles. The van der Waals surface area contributed by atoms with Crippen LogP contribution < -0.4 is 0 Å². The predicted molar refractivity (Wildman–Crippen MR) is 92.3 cm³/mol. The average Bonchev–Trinajstić information content (AvgIpc) is 3.15. The molecule has 24 heavy (non-hydrogen) atoms. The Morgan fingerprint density at radius 3 is 2.75 bits per heavy atom. The molecule has 2 aromatic rings. The Kier molecular flexibility index (Phi) is 3.73. The standard InChI is InChI=1S/C18H24N2O3S/c1-3-13-11-18(8-5-9-18)12-20(13)24(21,22)14-6-7-16-15(10-14)19-17(4-2)23-16/h6-7,10,13H,3-5,8-9,11-12H2,1-2H3. The second kappa shape index (κ2) is 5.56. The Morgan fingerprint density at radius 2 is 2.12 bits per heavy atom. The van der Waals surface area contributed by atoms with Gasteiger partial charge in [0, 0.05) is 19.0 Å². The summed E-state index contributed by atoms with van der Waals surface area (Å²) in [4.78, 5) is 4.71. The first kappa shape index (κ1) is 16.1. The van der Waals surface area contributed by atoms with Gasteiger partial charge in [-0.3, -0.25) is 0 Å². The maximum atomic E-state index is 13.2. The average molecular weight is 348 g/mol. The molecule has 0 N–H and O–H groups in total. The van der Waals surface area contributed by atoms with Gasteiger partial charge in [-0.15, -0.1) is 0 Å². The normalized spacial score (nSPS) is 23.8. The van der Waals surface area contributed by atoms with Gasteiger partial charge in [0.1, 0.15) is 5.52 Å². The number of hydrogen-bond donors (Lipinski definition) is 0. The molecular weight excluding hydrogens is 324 g/mol. The van der Waals surface area contributed by atoms with Crippen LogP contribution in [0, 0.1) is 5.41 Å². The fraction of sp³-hybridized carbons (Fsp3) is 0.611. The zero-order valence-electron chi connectivity index (χ0n) is 14.3. The lowest BCUT2D eigenvalue weighted by molar-refractivity contribution is 0.152. The molecule has 2 aliphatic rings. The van der Waals surface area contributed by atoms with E-state index in [1.807, 2.05) is 6.92 Å². The molecule has 5 nitrogen and oxygen atoms in total. The van der Waals surface area contributed by atoms with Crippen molar-refractivity contribution >= 4 is 21.1 Å². The summed E-state index contributed by atoms with van der Waals surface area (Å²) < 4.78 is 33.8. The quantitative estimate of drug-likeness (QED) is 0.844. The molecule has 4 rings (SSSR count). The molecule has 1 aromatic heterocycles. The van der Waals surface area contributed by atoms with E-state index in [1.54, 1.807) is 22.5 Å². The van der Waals surface area contributed by atoms with E-state index < -0.39 is 10.0 Å². The Bertz CT molecular complexity index is 868. The third-order valence-corrected chi connectivity index (χ3v) is 7.66. The molecule has 1 aliphatic carbocycles. The molecule has 1 saturated carbocycles. The van der Waals surface area contributed by atoms with Gasteiger partial charge in [0.05, 0.1) is 4.90 Å². The molecule has 1 spiro atoms.